The molecule has 0 fully saturated rings. The first-order valence-electron chi connectivity index (χ1n) is 7.09. The average molecular weight is 271 g/mol. The van der Waals surface area contributed by atoms with Gasteiger partial charge in [0.2, 0.25) is 0 Å². The van der Waals surface area contributed by atoms with E-state index in [2.05, 4.69) is 43.4 Å². The minimum absolute atomic E-state index is 0.103. The molecule has 0 saturated heterocycles. The summed E-state index contributed by atoms with van der Waals surface area (Å²) >= 11 is 0. The van der Waals surface area contributed by atoms with E-state index in [0.717, 1.165) is 12.1 Å². The first kappa shape index (κ1) is 14.7. The fourth-order valence-electron chi connectivity index (χ4n) is 2.63. The smallest absolute Gasteiger partial charge is 0.129 e. The Morgan fingerprint density at radius 1 is 1.00 bits per heavy atom. The maximum absolute atomic E-state index is 13.8. The summed E-state index contributed by atoms with van der Waals surface area (Å²) in [5, 5.41) is 3.49. The third-order valence-electron chi connectivity index (χ3n) is 3.58. The Labute approximate surface area is 120 Å². The summed E-state index contributed by atoms with van der Waals surface area (Å²) in [5.41, 5.74) is 4.98. The monoisotopic (exact) mass is 271 g/mol. The van der Waals surface area contributed by atoms with Gasteiger partial charge in [-0.1, -0.05) is 48.9 Å². The summed E-state index contributed by atoms with van der Waals surface area (Å²) in [4.78, 5) is 0. The Balaban J connectivity index is 2.48. The third-order valence-corrected chi connectivity index (χ3v) is 3.58. The highest BCUT2D eigenvalue weighted by atomic mass is 19.1. The van der Waals surface area contributed by atoms with Gasteiger partial charge in [0, 0.05) is 0 Å². The highest BCUT2D eigenvalue weighted by Crippen LogP contribution is 2.26. The fraction of sp³-hybridized carbons (Fsp3) is 0.333. The molecule has 0 heterocycles. The van der Waals surface area contributed by atoms with Gasteiger partial charge in [-0.05, 0) is 49.6 Å². The van der Waals surface area contributed by atoms with Crippen LogP contribution in [0, 0.1) is 26.6 Å². The van der Waals surface area contributed by atoms with Crippen molar-refractivity contribution in [1.29, 1.82) is 0 Å². The molecule has 0 aliphatic heterocycles. The highest BCUT2D eigenvalue weighted by molar-refractivity contribution is 5.38. The second-order valence-corrected chi connectivity index (χ2v) is 5.37. The predicted octanol–water partition coefficient (Wildman–Crippen LogP) is 4.45. The summed E-state index contributed by atoms with van der Waals surface area (Å²) in [6.45, 7) is 8.70. The summed E-state index contributed by atoms with van der Waals surface area (Å²) < 4.78 is 13.8. The Kier molecular flexibility index (Phi) is 4.56. The Hall–Kier alpha value is -1.67. The van der Waals surface area contributed by atoms with Crippen LogP contribution in [0.15, 0.2) is 36.4 Å². The molecule has 0 bridgehead atoms. The maximum Gasteiger partial charge on any atom is 0.129 e. The summed E-state index contributed by atoms with van der Waals surface area (Å²) in [6, 6.07) is 12.5. The third kappa shape index (κ3) is 3.07. The first-order valence-corrected chi connectivity index (χ1v) is 7.09. The van der Waals surface area contributed by atoms with E-state index in [0.29, 0.717) is 11.1 Å². The molecule has 1 N–H and O–H groups in total. The zero-order chi connectivity index (χ0) is 14.7. The Morgan fingerprint density at radius 2 is 1.65 bits per heavy atom. The largest absolute Gasteiger partial charge is 0.307 e. The summed E-state index contributed by atoms with van der Waals surface area (Å²) in [5.74, 6) is -0.103. The minimum atomic E-state index is -0.103. The predicted molar refractivity (Wildman–Crippen MR) is 82.6 cm³/mol. The van der Waals surface area contributed by atoms with Crippen molar-refractivity contribution in [3.8, 4) is 0 Å². The van der Waals surface area contributed by atoms with E-state index in [1.165, 1.54) is 11.1 Å². The molecular formula is C18H22FN. The molecular weight excluding hydrogens is 249 g/mol. The SMILES string of the molecule is CCNC(c1cccc(C)c1)c1cc(C)c(F)c(C)c1. The van der Waals surface area contributed by atoms with Crippen molar-refractivity contribution in [2.75, 3.05) is 6.54 Å². The molecule has 106 valence electrons. The van der Waals surface area contributed by atoms with Crippen LogP contribution in [0.1, 0.15) is 40.8 Å². The first-order chi connectivity index (χ1) is 9.52. The van der Waals surface area contributed by atoms with Gasteiger partial charge in [0.05, 0.1) is 6.04 Å². The number of rotatable bonds is 4. The topological polar surface area (TPSA) is 12.0 Å². The molecule has 0 radical (unpaired) electrons. The standard InChI is InChI=1S/C18H22FN/c1-5-20-18(15-8-6-7-12(2)9-15)16-10-13(3)17(19)14(4)11-16/h6-11,18,20H,5H2,1-4H3. The summed E-state index contributed by atoms with van der Waals surface area (Å²) in [7, 11) is 0. The van der Waals surface area contributed by atoms with Gasteiger partial charge in [-0.2, -0.15) is 0 Å². The van der Waals surface area contributed by atoms with Crippen LogP contribution in [0.5, 0.6) is 0 Å². The molecule has 1 nitrogen and oxygen atoms in total. The van der Waals surface area contributed by atoms with Crippen LogP contribution in [-0.4, -0.2) is 6.54 Å². The van der Waals surface area contributed by atoms with Crippen LogP contribution >= 0.6 is 0 Å². The van der Waals surface area contributed by atoms with E-state index < -0.39 is 0 Å². The number of aryl methyl sites for hydroxylation is 3. The van der Waals surface area contributed by atoms with Crippen molar-refractivity contribution in [1.82, 2.24) is 5.32 Å². The van der Waals surface area contributed by atoms with E-state index >= 15 is 0 Å². The molecule has 2 aromatic carbocycles. The van der Waals surface area contributed by atoms with E-state index in [-0.39, 0.29) is 11.9 Å². The quantitative estimate of drug-likeness (QED) is 0.866. The summed E-state index contributed by atoms with van der Waals surface area (Å²) in [6.07, 6.45) is 0. The Bertz CT molecular complexity index is 581. The van der Waals surface area contributed by atoms with Gasteiger partial charge in [-0.25, -0.2) is 4.39 Å². The van der Waals surface area contributed by atoms with Crippen molar-refractivity contribution in [2.45, 2.75) is 33.7 Å². The molecule has 0 aliphatic rings. The number of hydrogen-bond acceptors (Lipinski definition) is 1. The van der Waals surface area contributed by atoms with Gasteiger partial charge in [-0.3, -0.25) is 0 Å². The van der Waals surface area contributed by atoms with Gasteiger partial charge in [0.1, 0.15) is 5.82 Å². The lowest BCUT2D eigenvalue weighted by atomic mass is 9.94. The number of halogens is 1. The molecule has 1 atom stereocenters. The van der Waals surface area contributed by atoms with Crippen LogP contribution in [0.4, 0.5) is 4.39 Å². The number of nitrogens with one attached hydrogen (secondary N) is 1. The fourth-order valence-corrected chi connectivity index (χ4v) is 2.63. The lowest BCUT2D eigenvalue weighted by molar-refractivity contribution is 0.598. The van der Waals surface area contributed by atoms with Crippen molar-refractivity contribution >= 4 is 0 Å². The van der Waals surface area contributed by atoms with E-state index in [9.17, 15) is 4.39 Å². The van der Waals surface area contributed by atoms with Crippen LogP contribution in [0.2, 0.25) is 0 Å². The average Bonchev–Trinajstić information content (AvgIpc) is 2.41. The number of benzene rings is 2. The molecule has 2 rings (SSSR count). The molecule has 20 heavy (non-hydrogen) atoms. The lowest BCUT2D eigenvalue weighted by Gasteiger charge is -2.21. The van der Waals surface area contributed by atoms with Crippen molar-refractivity contribution in [2.24, 2.45) is 0 Å². The van der Waals surface area contributed by atoms with Crippen molar-refractivity contribution in [3.05, 3.63) is 70.0 Å². The zero-order valence-corrected chi connectivity index (χ0v) is 12.6. The molecule has 1 unspecified atom stereocenters. The van der Waals surface area contributed by atoms with E-state index in [1.807, 2.05) is 26.0 Å². The van der Waals surface area contributed by atoms with Crippen LogP contribution in [0.3, 0.4) is 0 Å². The van der Waals surface area contributed by atoms with Gasteiger partial charge in [0.25, 0.3) is 0 Å². The minimum Gasteiger partial charge on any atom is -0.307 e. The Morgan fingerprint density at radius 3 is 2.20 bits per heavy atom. The molecule has 0 saturated carbocycles. The van der Waals surface area contributed by atoms with Gasteiger partial charge < -0.3 is 5.32 Å². The second-order valence-electron chi connectivity index (χ2n) is 5.37. The molecule has 0 spiro atoms. The molecule has 2 heteroatoms. The maximum atomic E-state index is 13.8. The van der Waals surface area contributed by atoms with Gasteiger partial charge >= 0.3 is 0 Å². The van der Waals surface area contributed by atoms with Gasteiger partial charge in [-0.15, -0.1) is 0 Å². The second kappa shape index (κ2) is 6.19. The normalized spacial score (nSPS) is 12.4. The van der Waals surface area contributed by atoms with Crippen LogP contribution < -0.4 is 5.32 Å². The molecule has 2 aromatic rings. The number of hydrogen-bond donors (Lipinski definition) is 1. The molecule has 0 aliphatic carbocycles. The van der Waals surface area contributed by atoms with E-state index in [4.69, 9.17) is 0 Å². The lowest BCUT2D eigenvalue weighted by Crippen LogP contribution is -2.22. The molecule has 0 aromatic heterocycles. The van der Waals surface area contributed by atoms with Gasteiger partial charge in [0.15, 0.2) is 0 Å². The van der Waals surface area contributed by atoms with Crippen LogP contribution in [-0.2, 0) is 0 Å². The molecule has 0 amide bonds. The van der Waals surface area contributed by atoms with Crippen molar-refractivity contribution in [3.63, 3.8) is 0 Å². The highest BCUT2D eigenvalue weighted by Gasteiger charge is 2.15. The van der Waals surface area contributed by atoms with E-state index in [1.54, 1.807) is 0 Å². The van der Waals surface area contributed by atoms with Crippen LogP contribution in [0.25, 0.3) is 0 Å². The van der Waals surface area contributed by atoms with Crippen molar-refractivity contribution < 1.29 is 4.39 Å². The zero-order valence-electron chi connectivity index (χ0n) is 12.6.